The Morgan fingerprint density at radius 1 is 1.23 bits per heavy atom. The van der Waals surface area contributed by atoms with Gasteiger partial charge < -0.3 is 15.5 Å². The Morgan fingerprint density at radius 3 is 2.52 bits per heavy atom. The van der Waals surface area contributed by atoms with Crippen LogP contribution in [0.5, 0.6) is 0 Å². The molecule has 3 N–H and O–H groups in total. The van der Waals surface area contributed by atoms with E-state index in [1.54, 1.807) is 6.21 Å². The Balaban J connectivity index is 1.74. The third kappa shape index (κ3) is 5.04. The highest BCUT2D eigenvalue weighted by Gasteiger charge is 2.24. The van der Waals surface area contributed by atoms with Crippen LogP contribution in [0.15, 0.2) is 34.0 Å². The monoisotopic (exact) mass is 426 g/mol. The maximum atomic E-state index is 12.7. The molecule has 0 aliphatic heterocycles. The van der Waals surface area contributed by atoms with Crippen molar-refractivity contribution in [2.24, 2.45) is 5.10 Å². The first-order valence-corrected chi connectivity index (χ1v) is 9.80. The number of hydrogen-bond donors (Lipinski definition) is 2. The summed E-state index contributed by atoms with van der Waals surface area (Å²) in [6, 6.07) is 7.93. The summed E-state index contributed by atoms with van der Waals surface area (Å²) in [5.74, 6) is -0.294. The van der Waals surface area contributed by atoms with Gasteiger partial charge in [0.05, 0.1) is 11.9 Å². The number of hydrazone groups is 1. The van der Waals surface area contributed by atoms with Crippen LogP contribution in [0.2, 0.25) is 0 Å². The average Bonchev–Trinajstić information content (AvgIpc) is 3.35. The molecule has 0 atom stereocenters. The molecule has 1 aromatic carbocycles. The predicted octanol–water partition coefficient (Wildman–Crippen LogP) is 0.904. The lowest BCUT2D eigenvalue weighted by molar-refractivity contribution is 0.0948. The van der Waals surface area contributed by atoms with Crippen molar-refractivity contribution in [1.82, 2.24) is 35.6 Å². The molecule has 31 heavy (non-hydrogen) atoms. The normalized spacial score (nSPS) is 11.4. The highest BCUT2D eigenvalue weighted by Crippen LogP contribution is 2.17. The number of hydrogen-bond acceptors (Lipinski definition) is 10. The van der Waals surface area contributed by atoms with Gasteiger partial charge in [0.25, 0.3) is 5.91 Å². The molecule has 1 amide bonds. The van der Waals surface area contributed by atoms with Crippen molar-refractivity contribution in [2.75, 3.05) is 37.8 Å². The van der Waals surface area contributed by atoms with Crippen LogP contribution >= 0.6 is 0 Å². The van der Waals surface area contributed by atoms with Crippen LogP contribution in [0.4, 0.5) is 11.5 Å². The summed E-state index contributed by atoms with van der Waals surface area (Å²) in [5, 5.41) is 19.3. The molecule has 0 spiro atoms. The largest absolute Gasteiger partial charge is 0.378 e. The number of nitrogen functional groups attached to an aromatic ring is 1. The van der Waals surface area contributed by atoms with E-state index in [1.165, 1.54) is 4.68 Å². The number of aromatic nitrogens is 5. The number of nitrogens with two attached hydrogens (primary N) is 1. The average molecular weight is 426 g/mol. The number of nitrogens with zero attached hydrogens (tertiary/aromatic N) is 8. The van der Waals surface area contributed by atoms with E-state index in [1.807, 2.05) is 43.3 Å². The Kier molecular flexibility index (Phi) is 6.92. The zero-order chi connectivity index (χ0) is 22.4. The first-order chi connectivity index (χ1) is 14.9. The number of carbonyl (C=O) groups excluding carboxylic acids is 1. The van der Waals surface area contributed by atoms with Crippen LogP contribution < -0.4 is 16.1 Å². The van der Waals surface area contributed by atoms with Gasteiger partial charge in [-0.2, -0.15) is 9.78 Å². The molecule has 3 aromatic rings. The molecule has 0 radical (unpaired) electrons. The maximum Gasteiger partial charge on any atom is 0.293 e. The second-order valence-electron chi connectivity index (χ2n) is 6.97. The van der Waals surface area contributed by atoms with Crippen molar-refractivity contribution >= 4 is 23.6 Å². The molecule has 0 aliphatic carbocycles. The molecule has 0 unspecified atom stereocenters. The van der Waals surface area contributed by atoms with Crippen LogP contribution in [0.1, 0.15) is 35.6 Å². The molecule has 0 fully saturated rings. The molecule has 2 aromatic heterocycles. The Hall–Kier alpha value is -3.80. The number of nitrogens with one attached hydrogen (secondary N) is 1. The summed E-state index contributed by atoms with van der Waals surface area (Å²) in [6.07, 6.45) is 1.57. The Labute approximate surface area is 179 Å². The number of anilines is 2. The van der Waals surface area contributed by atoms with Gasteiger partial charge in [-0.15, -0.1) is 5.10 Å². The molecule has 0 saturated carbocycles. The zero-order valence-corrected chi connectivity index (χ0v) is 18.0. The Morgan fingerprint density at radius 2 is 1.94 bits per heavy atom. The van der Waals surface area contributed by atoms with Crippen molar-refractivity contribution in [1.29, 1.82) is 0 Å². The molecule has 12 heteroatoms. The van der Waals surface area contributed by atoms with E-state index in [0.717, 1.165) is 24.3 Å². The zero-order valence-electron chi connectivity index (χ0n) is 18.0. The summed E-state index contributed by atoms with van der Waals surface area (Å²) in [5.41, 5.74) is 10.8. The van der Waals surface area contributed by atoms with Crippen molar-refractivity contribution in [3.8, 4) is 5.82 Å². The lowest BCUT2D eigenvalue weighted by atomic mass is 10.2. The molecule has 2 heterocycles. The molecule has 3 rings (SSSR count). The maximum absolute atomic E-state index is 12.7. The van der Waals surface area contributed by atoms with E-state index in [-0.39, 0.29) is 17.3 Å². The number of benzene rings is 1. The first kappa shape index (κ1) is 21.9. The van der Waals surface area contributed by atoms with Gasteiger partial charge in [0.1, 0.15) is 0 Å². The molecular formula is C19H26N10O2. The van der Waals surface area contributed by atoms with Crippen molar-refractivity contribution in [2.45, 2.75) is 20.4 Å². The molecule has 164 valence electrons. The fourth-order valence-electron chi connectivity index (χ4n) is 3.01. The number of carbonyl (C=O) groups is 1. The first-order valence-electron chi connectivity index (χ1n) is 9.80. The van der Waals surface area contributed by atoms with Gasteiger partial charge in [-0.3, -0.25) is 4.79 Å². The minimum Gasteiger partial charge on any atom is -0.378 e. The third-order valence-corrected chi connectivity index (χ3v) is 4.54. The summed E-state index contributed by atoms with van der Waals surface area (Å²) in [6.45, 7) is 6.46. The van der Waals surface area contributed by atoms with Gasteiger partial charge in [-0.1, -0.05) is 17.3 Å². The minimum absolute atomic E-state index is 0.0445. The summed E-state index contributed by atoms with van der Waals surface area (Å²) in [7, 11) is 3.70. The summed E-state index contributed by atoms with van der Waals surface area (Å²) >= 11 is 0. The number of amides is 1. The predicted molar refractivity (Wildman–Crippen MR) is 116 cm³/mol. The topological polar surface area (TPSA) is 144 Å². The molecule has 12 nitrogen and oxygen atoms in total. The minimum atomic E-state index is -0.505. The van der Waals surface area contributed by atoms with Gasteiger partial charge in [-0.05, 0) is 56.0 Å². The van der Waals surface area contributed by atoms with E-state index < -0.39 is 5.91 Å². The van der Waals surface area contributed by atoms with Gasteiger partial charge in [0, 0.05) is 25.3 Å². The van der Waals surface area contributed by atoms with E-state index in [2.05, 4.69) is 54.5 Å². The molecular weight excluding hydrogens is 400 g/mol. The smallest absolute Gasteiger partial charge is 0.293 e. The van der Waals surface area contributed by atoms with Crippen LogP contribution in [0, 0.1) is 0 Å². The van der Waals surface area contributed by atoms with Crippen molar-refractivity contribution < 1.29 is 9.42 Å². The van der Waals surface area contributed by atoms with E-state index in [4.69, 9.17) is 5.73 Å². The lowest BCUT2D eigenvalue weighted by Crippen LogP contribution is -2.23. The Bertz CT molecular complexity index is 1030. The molecule has 0 aliphatic rings. The highest BCUT2D eigenvalue weighted by atomic mass is 16.6. The third-order valence-electron chi connectivity index (χ3n) is 4.54. The van der Waals surface area contributed by atoms with E-state index in [0.29, 0.717) is 12.2 Å². The van der Waals surface area contributed by atoms with Gasteiger partial charge in [0.2, 0.25) is 11.6 Å². The summed E-state index contributed by atoms with van der Waals surface area (Å²) in [4.78, 5) is 16.8. The lowest BCUT2D eigenvalue weighted by Gasteiger charge is -2.20. The van der Waals surface area contributed by atoms with Crippen LogP contribution in [0.25, 0.3) is 5.82 Å². The van der Waals surface area contributed by atoms with Gasteiger partial charge in [0.15, 0.2) is 5.69 Å². The SMILES string of the molecule is CCN(CC)c1ccc(/C=N\NC(=O)c2nnn(-c3nonc3N)c2CN(C)C)cc1. The van der Waals surface area contributed by atoms with E-state index >= 15 is 0 Å². The highest BCUT2D eigenvalue weighted by molar-refractivity contribution is 5.94. The second kappa shape index (κ2) is 9.80. The van der Waals surface area contributed by atoms with Crippen LogP contribution in [0.3, 0.4) is 0 Å². The summed E-state index contributed by atoms with van der Waals surface area (Å²) < 4.78 is 5.96. The van der Waals surface area contributed by atoms with Crippen LogP contribution in [-0.2, 0) is 6.54 Å². The second-order valence-corrected chi connectivity index (χ2v) is 6.97. The quantitative estimate of drug-likeness (QED) is 0.377. The molecule has 0 saturated heterocycles. The standard InChI is InChI=1S/C19H26N10O2/c1-5-28(6-2)14-9-7-13(8-10-14)11-21-23-19(30)16-15(12-27(3)4)29(26-22-16)18-17(20)24-31-25-18/h7-11H,5-6,12H2,1-4H3,(H2,20,24)(H,23,30)/b21-11-. The number of rotatable bonds is 9. The fraction of sp³-hybridized carbons (Fsp3) is 0.368. The fourth-order valence-corrected chi connectivity index (χ4v) is 3.01. The van der Waals surface area contributed by atoms with Crippen LogP contribution in [-0.4, -0.2) is 69.5 Å². The van der Waals surface area contributed by atoms with Gasteiger partial charge in [-0.25, -0.2) is 10.1 Å². The van der Waals surface area contributed by atoms with Crippen molar-refractivity contribution in [3.05, 3.63) is 41.2 Å². The van der Waals surface area contributed by atoms with Gasteiger partial charge >= 0.3 is 0 Å². The van der Waals surface area contributed by atoms with Crippen molar-refractivity contribution in [3.63, 3.8) is 0 Å². The molecule has 0 bridgehead atoms. The van der Waals surface area contributed by atoms with E-state index in [9.17, 15) is 4.79 Å².